The topological polar surface area (TPSA) is 89.3 Å². The molecule has 0 aliphatic rings. The summed E-state index contributed by atoms with van der Waals surface area (Å²) in [5.41, 5.74) is 1.51. The van der Waals surface area contributed by atoms with Crippen molar-refractivity contribution in [2.24, 2.45) is 5.14 Å². The average Bonchev–Trinajstić information content (AvgIpc) is 2.53. The molecule has 122 valence electrons. The van der Waals surface area contributed by atoms with Gasteiger partial charge in [0.1, 0.15) is 0 Å². The second-order valence-corrected chi connectivity index (χ2v) is 6.87. The molecule has 1 atom stereocenters. The van der Waals surface area contributed by atoms with Gasteiger partial charge < -0.3 is 5.32 Å². The number of anilines is 1. The van der Waals surface area contributed by atoms with Crippen molar-refractivity contribution in [3.05, 3.63) is 60.2 Å². The molecule has 6 heteroatoms. The summed E-state index contributed by atoms with van der Waals surface area (Å²) in [5, 5.41) is 7.89. The van der Waals surface area contributed by atoms with Crippen LogP contribution in [0.5, 0.6) is 0 Å². The zero-order valence-electron chi connectivity index (χ0n) is 12.9. The third kappa shape index (κ3) is 4.64. The van der Waals surface area contributed by atoms with Crippen LogP contribution in [0.15, 0.2) is 59.5 Å². The van der Waals surface area contributed by atoms with E-state index in [0.717, 1.165) is 18.4 Å². The first-order valence-electron chi connectivity index (χ1n) is 7.40. The average molecular weight is 332 g/mol. The maximum Gasteiger partial charge on any atom is 0.238 e. The summed E-state index contributed by atoms with van der Waals surface area (Å²) in [6.07, 6.45) is 1.63. The van der Waals surface area contributed by atoms with E-state index < -0.39 is 10.0 Å². The van der Waals surface area contributed by atoms with Crippen LogP contribution in [0.2, 0.25) is 0 Å². The van der Waals surface area contributed by atoms with Crippen LogP contribution in [0.3, 0.4) is 0 Å². The first-order chi connectivity index (χ1) is 10.9. The summed E-state index contributed by atoms with van der Waals surface area (Å²) < 4.78 is 22.5. The molecule has 5 nitrogen and oxygen atoms in total. The van der Waals surface area contributed by atoms with Crippen LogP contribution in [0.1, 0.15) is 31.2 Å². The summed E-state index contributed by atoms with van der Waals surface area (Å²) in [6.45, 7) is 2.03. The van der Waals surface area contributed by atoms with E-state index in [1.54, 1.807) is 0 Å². The summed E-state index contributed by atoms with van der Waals surface area (Å²) in [4.78, 5) is 12.5. The minimum atomic E-state index is -3.73. The zero-order chi connectivity index (χ0) is 16.9. The monoisotopic (exact) mass is 332 g/mol. The number of primary sulfonamides is 1. The van der Waals surface area contributed by atoms with E-state index >= 15 is 0 Å². The highest BCUT2D eigenvalue weighted by atomic mass is 32.2. The number of rotatable bonds is 6. The molecule has 0 heterocycles. The number of sulfonamides is 1. The second-order valence-electron chi connectivity index (χ2n) is 5.31. The van der Waals surface area contributed by atoms with Crippen LogP contribution in [0.25, 0.3) is 0 Å². The van der Waals surface area contributed by atoms with E-state index in [0.29, 0.717) is 5.69 Å². The quantitative estimate of drug-likeness (QED) is 0.852. The van der Waals surface area contributed by atoms with Crippen molar-refractivity contribution in [1.29, 1.82) is 0 Å². The van der Waals surface area contributed by atoms with Crippen molar-refractivity contribution in [3.63, 3.8) is 0 Å². The molecule has 2 rings (SSSR count). The number of carbonyl (C=O) groups is 1. The van der Waals surface area contributed by atoms with Crippen molar-refractivity contribution in [3.8, 4) is 0 Å². The van der Waals surface area contributed by atoms with E-state index in [1.807, 2.05) is 37.3 Å². The SMILES string of the molecule is CCC[C@@H](C(=O)Nc1ccc(S(N)(=O)=O)cc1)c1ccccc1. The molecule has 2 aromatic carbocycles. The van der Waals surface area contributed by atoms with Gasteiger partial charge in [-0.2, -0.15) is 0 Å². The highest BCUT2D eigenvalue weighted by Crippen LogP contribution is 2.23. The molecule has 3 N–H and O–H groups in total. The molecule has 0 aliphatic carbocycles. The highest BCUT2D eigenvalue weighted by Gasteiger charge is 2.19. The Morgan fingerprint density at radius 2 is 1.70 bits per heavy atom. The molecule has 0 radical (unpaired) electrons. The van der Waals surface area contributed by atoms with Gasteiger partial charge in [-0.25, -0.2) is 13.6 Å². The van der Waals surface area contributed by atoms with Gasteiger partial charge in [0.2, 0.25) is 15.9 Å². The molecular weight excluding hydrogens is 312 g/mol. The maximum absolute atomic E-state index is 12.5. The molecule has 1 amide bonds. The van der Waals surface area contributed by atoms with Crippen molar-refractivity contribution >= 4 is 21.6 Å². The van der Waals surface area contributed by atoms with Crippen molar-refractivity contribution < 1.29 is 13.2 Å². The van der Waals surface area contributed by atoms with Crippen LogP contribution in [-0.2, 0) is 14.8 Å². The molecule has 0 aromatic heterocycles. The number of nitrogens with two attached hydrogens (primary N) is 1. The molecule has 0 saturated heterocycles. The largest absolute Gasteiger partial charge is 0.326 e. The number of amides is 1. The number of benzene rings is 2. The fourth-order valence-electron chi connectivity index (χ4n) is 2.38. The van der Waals surface area contributed by atoms with E-state index in [1.165, 1.54) is 24.3 Å². The van der Waals surface area contributed by atoms with E-state index in [-0.39, 0.29) is 16.7 Å². The van der Waals surface area contributed by atoms with Gasteiger partial charge in [0.05, 0.1) is 10.8 Å². The summed E-state index contributed by atoms with van der Waals surface area (Å²) >= 11 is 0. The third-order valence-electron chi connectivity index (χ3n) is 3.55. The Morgan fingerprint density at radius 3 is 2.22 bits per heavy atom. The van der Waals surface area contributed by atoms with Gasteiger partial charge in [-0.1, -0.05) is 43.7 Å². The Hall–Kier alpha value is -2.18. The van der Waals surface area contributed by atoms with Crippen LogP contribution >= 0.6 is 0 Å². The van der Waals surface area contributed by atoms with E-state index in [2.05, 4.69) is 5.32 Å². The number of hydrogen-bond acceptors (Lipinski definition) is 3. The summed E-state index contributed by atoms with van der Waals surface area (Å²) in [5.74, 6) is -0.347. The van der Waals surface area contributed by atoms with E-state index in [4.69, 9.17) is 5.14 Å². The van der Waals surface area contributed by atoms with Crippen molar-refractivity contribution in [2.45, 2.75) is 30.6 Å². The minimum Gasteiger partial charge on any atom is -0.326 e. The molecule has 0 spiro atoms. The van der Waals surface area contributed by atoms with Crippen LogP contribution in [0.4, 0.5) is 5.69 Å². The predicted octanol–water partition coefficient (Wildman–Crippen LogP) is 2.86. The molecule has 0 aliphatic heterocycles. The van der Waals surface area contributed by atoms with Gasteiger partial charge in [-0.15, -0.1) is 0 Å². The summed E-state index contributed by atoms with van der Waals surface area (Å²) in [6, 6.07) is 15.4. The predicted molar refractivity (Wildman–Crippen MR) is 90.5 cm³/mol. The number of hydrogen-bond donors (Lipinski definition) is 2. The van der Waals surface area contributed by atoms with Gasteiger partial charge in [0.15, 0.2) is 0 Å². The van der Waals surface area contributed by atoms with Crippen molar-refractivity contribution in [2.75, 3.05) is 5.32 Å². The fourth-order valence-corrected chi connectivity index (χ4v) is 2.90. The van der Waals surface area contributed by atoms with Gasteiger partial charge >= 0.3 is 0 Å². The van der Waals surface area contributed by atoms with Crippen LogP contribution in [-0.4, -0.2) is 14.3 Å². The Kier molecular flexibility index (Phi) is 5.52. The normalized spacial score (nSPS) is 12.6. The lowest BCUT2D eigenvalue weighted by Gasteiger charge is -2.16. The first-order valence-corrected chi connectivity index (χ1v) is 8.95. The Labute approximate surface area is 136 Å². The van der Waals surface area contributed by atoms with Crippen LogP contribution in [0, 0.1) is 0 Å². The zero-order valence-corrected chi connectivity index (χ0v) is 13.7. The standard InChI is InChI=1S/C17H20N2O3S/c1-2-6-16(13-7-4-3-5-8-13)17(20)19-14-9-11-15(12-10-14)23(18,21)22/h3-5,7-12,16H,2,6H2,1H3,(H,19,20)(H2,18,21,22)/t16-/m1/s1. The first kappa shape index (κ1) is 17.2. The highest BCUT2D eigenvalue weighted by molar-refractivity contribution is 7.89. The molecule has 23 heavy (non-hydrogen) atoms. The Balaban J connectivity index is 2.16. The number of nitrogens with one attached hydrogen (secondary N) is 1. The lowest BCUT2D eigenvalue weighted by Crippen LogP contribution is -2.21. The molecular formula is C17H20N2O3S. The Morgan fingerprint density at radius 1 is 1.09 bits per heavy atom. The van der Waals surface area contributed by atoms with Crippen molar-refractivity contribution in [1.82, 2.24) is 0 Å². The van der Waals surface area contributed by atoms with Gasteiger partial charge in [0.25, 0.3) is 0 Å². The minimum absolute atomic E-state index is 0.0173. The molecule has 2 aromatic rings. The van der Waals surface area contributed by atoms with E-state index in [9.17, 15) is 13.2 Å². The fraction of sp³-hybridized carbons (Fsp3) is 0.235. The molecule has 0 fully saturated rings. The van der Waals surface area contributed by atoms with Crippen LogP contribution < -0.4 is 10.5 Å². The lowest BCUT2D eigenvalue weighted by molar-refractivity contribution is -0.117. The van der Waals surface area contributed by atoms with Gasteiger partial charge in [-0.3, -0.25) is 4.79 Å². The second kappa shape index (κ2) is 7.39. The summed E-state index contributed by atoms with van der Waals surface area (Å²) in [7, 11) is -3.73. The lowest BCUT2D eigenvalue weighted by atomic mass is 9.93. The maximum atomic E-state index is 12.5. The Bertz CT molecular complexity index is 756. The molecule has 0 saturated carbocycles. The number of carbonyl (C=O) groups excluding carboxylic acids is 1. The van der Waals surface area contributed by atoms with Gasteiger partial charge in [-0.05, 0) is 36.2 Å². The molecule has 0 unspecified atom stereocenters. The molecule has 0 bridgehead atoms. The smallest absolute Gasteiger partial charge is 0.238 e. The third-order valence-corrected chi connectivity index (χ3v) is 4.48. The van der Waals surface area contributed by atoms with Gasteiger partial charge in [0, 0.05) is 5.69 Å².